The molecule has 0 radical (unpaired) electrons. The molecule has 0 fully saturated rings. The van der Waals surface area contributed by atoms with Gasteiger partial charge in [0.2, 0.25) is 10.0 Å². The predicted octanol–water partition coefficient (Wildman–Crippen LogP) is 1.26. The summed E-state index contributed by atoms with van der Waals surface area (Å²) in [4.78, 5) is 30.6. The van der Waals surface area contributed by atoms with Crippen molar-refractivity contribution in [1.29, 1.82) is 0 Å². The highest BCUT2D eigenvalue weighted by molar-refractivity contribution is 7.89. The lowest BCUT2D eigenvalue weighted by Gasteiger charge is -2.20. The smallest absolute Gasteiger partial charge is 0.404 e. The van der Waals surface area contributed by atoms with E-state index in [4.69, 9.17) is 5.11 Å². The van der Waals surface area contributed by atoms with E-state index in [1.54, 1.807) is 39.1 Å². The van der Waals surface area contributed by atoms with Crippen LogP contribution in [0.3, 0.4) is 0 Å². The Morgan fingerprint density at radius 1 is 1.09 bits per heavy atom. The maximum absolute atomic E-state index is 12.6. The van der Waals surface area contributed by atoms with Gasteiger partial charge in [-0.2, -0.15) is 4.98 Å². The van der Waals surface area contributed by atoms with Crippen LogP contribution in [-0.2, 0) is 10.0 Å². The van der Waals surface area contributed by atoms with Crippen LogP contribution in [0, 0.1) is 0 Å². The molecule has 0 atom stereocenters. The molecule has 3 aromatic rings. The highest BCUT2D eigenvalue weighted by atomic mass is 32.2. The van der Waals surface area contributed by atoms with Crippen LogP contribution in [0.4, 0.5) is 15.5 Å². The monoisotopic (exact) mass is 476 g/mol. The van der Waals surface area contributed by atoms with Crippen LogP contribution in [0.2, 0.25) is 0 Å². The average Bonchev–Trinajstić information content (AvgIpc) is 3.10. The molecule has 33 heavy (non-hydrogen) atoms. The summed E-state index contributed by atoms with van der Waals surface area (Å²) in [5.41, 5.74) is 1.01. The number of sulfonamides is 1. The number of nitrogens with zero attached hydrogens (tertiary/aromatic N) is 4. The minimum atomic E-state index is -3.75. The summed E-state index contributed by atoms with van der Waals surface area (Å²) in [6.45, 7) is 5.39. The average molecular weight is 477 g/mol. The number of amides is 3. The molecular weight excluding hydrogens is 452 g/mol. The Morgan fingerprint density at radius 2 is 1.82 bits per heavy atom. The summed E-state index contributed by atoms with van der Waals surface area (Å²) in [5, 5.41) is 19.7. The summed E-state index contributed by atoms with van der Waals surface area (Å²) >= 11 is 0. The van der Waals surface area contributed by atoms with Crippen LogP contribution in [0.15, 0.2) is 41.7 Å². The van der Waals surface area contributed by atoms with E-state index >= 15 is 0 Å². The molecule has 3 rings (SSSR count). The van der Waals surface area contributed by atoms with Crippen molar-refractivity contribution in [3.63, 3.8) is 0 Å². The van der Waals surface area contributed by atoms with E-state index in [0.29, 0.717) is 16.8 Å². The minimum absolute atomic E-state index is 0.0324. The van der Waals surface area contributed by atoms with Crippen molar-refractivity contribution in [2.75, 3.05) is 18.4 Å². The summed E-state index contributed by atoms with van der Waals surface area (Å²) in [6.07, 6.45) is 3.26. The summed E-state index contributed by atoms with van der Waals surface area (Å²) in [6, 6.07) is 4.32. The van der Waals surface area contributed by atoms with Crippen molar-refractivity contribution < 1.29 is 23.1 Å². The molecule has 0 aromatic carbocycles. The predicted molar refractivity (Wildman–Crippen MR) is 119 cm³/mol. The molecule has 0 bridgehead atoms. The van der Waals surface area contributed by atoms with Gasteiger partial charge in [-0.15, -0.1) is 5.10 Å². The first-order chi connectivity index (χ1) is 15.4. The fourth-order valence-electron chi connectivity index (χ4n) is 2.78. The fourth-order valence-corrected chi connectivity index (χ4v) is 4.19. The Kier molecular flexibility index (Phi) is 6.78. The van der Waals surface area contributed by atoms with E-state index in [0.717, 1.165) is 0 Å². The Hall–Kier alpha value is -3.78. The van der Waals surface area contributed by atoms with Gasteiger partial charge in [0.1, 0.15) is 4.90 Å². The van der Waals surface area contributed by atoms with Gasteiger partial charge in [-0.25, -0.2) is 27.2 Å². The summed E-state index contributed by atoms with van der Waals surface area (Å²) < 4.78 is 29.3. The number of hydrogen-bond donors (Lipinski definition) is 5. The van der Waals surface area contributed by atoms with Crippen LogP contribution in [0.25, 0.3) is 16.8 Å². The quantitative estimate of drug-likeness (QED) is 0.316. The van der Waals surface area contributed by atoms with E-state index in [-0.39, 0.29) is 23.9 Å². The number of anilines is 1. The second kappa shape index (κ2) is 9.38. The summed E-state index contributed by atoms with van der Waals surface area (Å²) in [5.74, 6) is 0.0414. The van der Waals surface area contributed by atoms with E-state index in [1.165, 1.54) is 23.0 Å². The van der Waals surface area contributed by atoms with Gasteiger partial charge < -0.3 is 15.7 Å². The zero-order valence-electron chi connectivity index (χ0n) is 18.2. The third-order valence-electron chi connectivity index (χ3n) is 4.04. The molecule has 176 valence electrons. The lowest BCUT2D eigenvalue weighted by Crippen LogP contribution is -2.40. The van der Waals surface area contributed by atoms with Crippen LogP contribution in [0.1, 0.15) is 20.8 Å². The number of nitrogens with one attached hydrogen (secondary N) is 4. The molecule has 0 spiro atoms. The fraction of sp³-hybridized carbons (Fsp3) is 0.316. The van der Waals surface area contributed by atoms with Crippen LogP contribution in [0.5, 0.6) is 0 Å². The third-order valence-corrected chi connectivity index (χ3v) is 5.77. The number of urea groups is 1. The van der Waals surface area contributed by atoms with Crippen molar-refractivity contribution in [1.82, 2.24) is 34.9 Å². The van der Waals surface area contributed by atoms with Gasteiger partial charge in [-0.05, 0) is 39.0 Å². The number of fused-ring (bicyclic) bond motifs is 1. The van der Waals surface area contributed by atoms with Gasteiger partial charge in [0.15, 0.2) is 5.65 Å². The first-order valence-electron chi connectivity index (χ1n) is 9.80. The number of carboxylic acid groups (broad SMARTS) is 1. The molecule has 0 aliphatic heterocycles. The van der Waals surface area contributed by atoms with Gasteiger partial charge in [-0.1, -0.05) is 0 Å². The Bertz CT molecular complexity index is 1280. The van der Waals surface area contributed by atoms with Crippen LogP contribution < -0.4 is 20.7 Å². The molecule has 14 heteroatoms. The van der Waals surface area contributed by atoms with Crippen molar-refractivity contribution in [2.24, 2.45) is 0 Å². The Morgan fingerprint density at radius 3 is 2.52 bits per heavy atom. The summed E-state index contributed by atoms with van der Waals surface area (Å²) in [7, 11) is -3.75. The standard InChI is InChI=1S/C19H24N8O5S/c1-19(2,3)26-33(31,32)14-8-13(9-20-10-14)12-4-5-15-23-16(25-27(15)11-12)24-17(28)21-6-7-22-18(29)30/h4-5,8-11,22,26H,6-7H2,1-3H3,(H,29,30)(H2,21,24,25,28). The van der Waals surface area contributed by atoms with Crippen molar-refractivity contribution in [3.05, 3.63) is 36.8 Å². The lowest BCUT2D eigenvalue weighted by atomic mass is 10.1. The molecule has 3 heterocycles. The number of hydrogen-bond acceptors (Lipinski definition) is 7. The van der Waals surface area contributed by atoms with Crippen molar-refractivity contribution in [2.45, 2.75) is 31.2 Å². The van der Waals surface area contributed by atoms with Crippen molar-refractivity contribution in [3.8, 4) is 11.1 Å². The van der Waals surface area contributed by atoms with Gasteiger partial charge in [0.25, 0.3) is 5.95 Å². The van der Waals surface area contributed by atoms with Gasteiger partial charge in [-0.3, -0.25) is 10.3 Å². The number of carbonyl (C=O) groups excluding carboxylic acids is 1. The molecular formula is C19H24N8O5S. The number of rotatable bonds is 7. The van der Waals surface area contributed by atoms with E-state index in [1.807, 2.05) is 0 Å². The minimum Gasteiger partial charge on any atom is -0.465 e. The maximum Gasteiger partial charge on any atom is 0.404 e. The first kappa shape index (κ1) is 23.9. The second-order valence-corrected chi connectivity index (χ2v) is 9.72. The Balaban J connectivity index is 1.76. The zero-order chi connectivity index (χ0) is 24.2. The molecule has 0 saturated heterocycles. The molecule has 13 nitrogen and oxygen atoms in total. The highest BCUT2D eigenvalue weighted by Gasteiger charge is 2.22. The largest absolute Gasteiger partial charge is 0.465 e. The third kappa shape index (κ3) is 6.60. The Labute approximate surface area is 189 Å². The molecule has 0 unspecified atom stereocenters. The van der Waals surface area contributed by atoms with E-state index in [9.17, 15) is 18.0 Å². The van der Waals surface area contributed by atoms with Crippen LogP contribution in [-0.4, -0.2) is 63.9 Å². The topological polar surface area (TPSA) is 180 Å². The molecule has 3 amide bonds. The van der Waals surface area contributed by atoms with Crippen molar-refractivity contribution >= 4 is 33.7 Å². The van der Waals surface area contributed by atoms with Crippen LogP contribution >= 0.6 is 0 Å². The lowest BCUT2D eigenvalue weighted by molar-refractivity contribution is 0.194. The number of pyridine rings is 2. The zero-order valence-corrected chi connectivity index (χ0v) is 19.0. The van der Waals surface area contributed by atoms with E-state index in [2.05, 4.69) is 35.7 Å². The van der Waals surface area contributed by atoms with Gasteiger partial charge in [0, 0.05) is 48.3 Å². The SMILES string of the molecule is CC(C)(C)NS(=O)(=O)c1cncc(-c2ccc3nc(NC(=O)NCCNC(=O)O)nn3c2)c1. The first-order valence-corrected chi connectivity index (χ1v) is 11.3. The second-order valence-electron chi connectivity index (χ2n) is 8.03. The maximum atomic E-state index is 12.6. The normalized spacial score (nSPS) is 11.8. The number of aromatic nitrogens is 4. The highest BCUT2D eigenvalue weighted by Crippen LogP contribution is 2.23. The molecule has 0 saturated carbocycles. The molecule has 0 aliphatic carbocycles. The number of carbonyl (C=O) groups is 2. The molecule has 5 N–H and O–H groups in total. The molecule has 0 aliphatic rings. The van der Waals surface area contributed by atoms with Gasteiger partial charge in [0.05, 0.1) is 0 Å². The molecule has 3 aromatic heterocycles. The van der Waals surface area contributed by atoms with Gasteiger partial charge >= 0.3 is 12.1 Å². The van der Waals surface area contributed by atoms with E-state index < -0.39 is 27.7 Å².